The summed E-state index contributed by atoms with van der Waals surface area (Å²) in [7, 11) is 1.55. The number of ether oxygens (including phenoxy) is 2. The van der Waals surface area contributed by atoms with E-state index in [1.54, 1.807) is 31.4 Å². The maximum absolute atomic E-state index is 12.0. The molecule has 0 heterocycles. The van der Waals surface area contributed by atoms with E-state index in [0.717, 1.165) is 11.3 Å². The SMILES string of the molecule is COc1cccc(C(=O)NCC(O)COc2ccccc2C)c1. The maximum atomic E-state index is 12.0. The van der Waals surface area contributed by atoms with Crippen molar-refractivity contribution in [1.82, 2.24) is 5.32 Å². The Morgan fingerprint density at radius 2 is 2.00 bits per heavy atom. The van der Waals surface area contributed by atoms with Gasteiger partial charge in [-0.1, -0.05) is 24.3 Å². The van der Waals surface area contributed by atoms with Crippen LogP contribution in [0.5, 0.6) is 11.5 Å². The number of carbonyl (C=O) groups excluding carboxylic acids is 1. The number of methoxy groups -OCH3 is 1. The van der Waals surface area contributed by atoms with E-state index in [1.165, 1.54) is 0 Å². The Kier molecular flexibility index (Phi) is 6.00. The molecular formula is C18H21NO4. The second-order valence-corrected chi connectivity index (χ2v) is 5.17. The van der Waals surface area contributed by atoms with Gasteiger partial charge >= 0.3 is 0 Å². The van der Waals surface area contributed by atoms with E-state index in [1.807, 2.05) is 31.2 Å². The lowest BCUT2D eigenvalue weighted by molar-refractivity contribution is 0.0842. The lowest BCUT2D eigenvalue weighted by Gasteiger charge is -2.14. The molecule has 1 atom stereocenters. The van der Waals surface area contributed by atoms with Crippen LogP contribution in [0.1, 0.15) is 15.9 Å². The number of nitrogens with one attached hydrogen (secondary N) is 1. The van der Waals surface area contributed by atoms with E-state index in [0.29, 0.717) is 11.3 Å². The molecule has 0 radical (unpaired) electrons. The molecule has 0 aliphatic rings. The number of hydrogen-bond donors (Lipinski definition) is 2. The second-order valence-electron chi connectivity index (χ2n) is 5.17. The van der Waals surface area contributed by atoms with Crippen molar-refractivity contribution in [3.05, 3.63) is 59.7 Å². The molecule has 122 valence electrons. The minimum Gasteiger partial charge on any atom is -0.497 e. The first kappa shape index (κ1) is 16.8. The number of aliphatic hydroxyl groups is 1. The average molecular weight is 315 g/mol. The van der Waals surface area contributed by atoms with Gasteiger partial charge in [0.05, 0.1) is 7.11 Å². The van der Waals surface area contributed by atoms with E-state index < -0.39 is 6.10 Å². The van der Waals surface area contributed by atoms with Crippen LogP contribution in [-0.2, 0) is 0 Å². The average Bonchev–Trinajstić information content (AvgIpc) is 2.59. The number of aliphatic hydroxyl groups excluding tert-OH is 1. The Bertz CT molecular complexity index is 657. The normalized spacial score (nSPS) is 11.6. The van der Waals surface area contributed by atoms with Crippen LogP contribution in [0.4, 0.5) is 0 Å². The van der Waals surface area contributed by atoms with Crippen molar-refractivity contribution in [1.29, 1.82) is 0 Å². The minimum absolute atomic E-state index is 0.113. The van der Waals surface area contributed by atoms with E-state index in [4.69, 9.17) is 9.47 Å². The largest absolute Gasteiger partial charge is 0.497 e. The molecule has 0 aliphatic carbocycles. The molecule has 23 heavy (non-hydrogen) atoms. The highest BCUT2D eigenvalue weighted by Gasteiger charge is 2.11. The fraction of sp³-hybridized carbons (Fsp3) is 0.278. The standard InChI is InChI=1S/C18H21NO4/c1-13-6-3-4-9-17(13)23-12-15(20)11-19-18(21)14-7-5-8-16(10-14)22-2/h3-10,15,20H,11-12H2,1-2H3,(H,19,21). The molecule has 0 aromatic heterocycles. The molecule has 0 spiro atoms. The number of rotatable bonds is 7. The van der Waals surface area contributed by atoms with Crippen molar-refractivity contribution in [2.24, 2.45) is 0 Å². The van der Waals surface area contributed by atoms with E-state index in [9.17, 15) is 9.90 Å². The number of aryl methyl sites for hydroxylation is 1. The van der Waals surface area contributed by atoms with E-state index in [-0.39, 0.29) is 19.1 Å². The zero-order valence-electron chi connectivity index (χ0n) is 13.3. The van der Waals surface area contributed by atoms with Crippen LogP contribution in [-0.4, -0.2) is 37.4 Å². The third kappa shape index (κ3) is 5.00. The summed E-state index contributed by atoms with van der Waals surface area (Å²) in [6.07, 6.45) is -0.788. The molecule has 2 rings (SSSR count). The van der Waals surface area contributed by atoms with Crippen molar-refractivity contribution in [3.8, 4) is 11.5 Å². The molecule has 5 nitrogen and oxygen atoms in total. The van der Waals surface area contributed by atoms with E-state index >= 15 is 0 Å². The summed E-state index contributed by atoms with van der Waals surface area (Å²) >= 11 is 0. The van der Waals surface area contributed by atoms with E-state index in [2.05, 4.69) is 5.32 Å². The van der Waals surface area contributed by atoms with Crippen LogP contribution < -0.4 is 14.8 Å². The highest BCUT2D eigenvalue weighted by molar-refractivity contribution is 5.94. The van der Waals surface area contributed by atoms with Crippen molar-refractivity contribution in [2.45, 2.75) is 13.0 Å². The molecule has 0 fully saturated rings. The van der Waals surface area contributed by atoms with Gasteiger partial charge in [0.15, 0.2) is 0 Å². The highest BCUT2D eigenvalue weighted by Crippen LogP contribution is 2.16. The van der Waals surface area contributed by atoms with Crippen molar-refractivity contribution < 1.29 is 19.4 Å². The van der Waals surface area contributed by atoms with Crippen molar-refractivity contribution >= 4 is 5.91 Å². The highest BCUT2D eigenvalue weighted by atomic mass is 16.5. The van der Waals surface area contributed by atoms with Gasteiger partial charge in [0.2, 0.25) is 0 Å². The van der Waals surface area contributed by atoms with Gasteiger partial charge in [-0.25, -0.2) is 0 Å². The topological polar surface area (TPSA) is 67.8 Å². The molecule has 0 bridgehead atoms. The van der Waals surface area contributed by atoms with Crippen molar-refractivity contribution in [2.75, 3.05) is 20.3 Å². The second kappa shape index (κ2) is 8.19. The molecule has 0 saturated carbocycles. The predicted octanol–water partition coefficient (Wildman–Crippen LogP) is 2.17. The number of hydrogen-bond acceptors (Lipinski definition) is 4. The molecule has 1 unspecified atom stereocenters. The molecule has 2 aromatic rings. The maximum Gasteiger partial charge on any atom is 0.251 e. The third-order valence-corrected chi connectivity index (χ3v) is 3.35. The van der Waals surface area contributed by atoms with Crippen LogP contribution in [0.3, 0.4) is 0 Å². The van der Waals surface area contributed by atoms with Gasteiger partial charge in [-0.2, -0.15) is 0 Å². The number of para-hydroxylation sites is 1. The number of amides is 1. The molecule has 0 aliphatic heterocycles. The van der Waals surface area contributed by atoms with Gasteiger partial charge in [-0.05, 0) is 36.8 Å². The van der Waals surface area contributed by atoms with Gasteiger partial charge in [0.25, 0.3) is 5.91 Å². The van der Waals surface area contributed by atoms with Gasteiger partial charge in [0, 0.05) is 12.1 Å². The van der Waals surface area contributed by atoms with Gasteiger partial charge in [-0.15, -0.1) is 0 Å². The fourth-order valence-corrected chi connectivity index (χ4v) is 2.04. The number of benzene rings is 2. The first-order valence-corrected chi connectivity index (χ1v) is 7.39. The lowest BCUT2D eigenvalue weighted by Crippen LogP contribution is -2.35. The van der Waals surface area contributed by atoms with Crippen LogP contribution in [0.15, 0.2) is 48.5 Å². The third-order valence-electron chi connectivity index (χ3n) is 3.35. The summed E-state index contributed by atoms with van der Waals surface area (Å²) in [5, 5.41) is 12.6. The Hall–Kier alpha value is -2.53. The summed E-state index contributed by atoms with van der Waals surface area (Å²) in [6, 6.07) is 14.4. The summed E-state index contributed by atoms with van der Waals surface area (Å²) in [5.74, 6) is 1.07. The van der Waals surface area contributed by atoms with Crippen molar-refractivity contribution in [3.63, 3.8) is 0 Å². The van der Waals surface area contributed by atoms with Crippen LogP contribution in [0.25, 0.3) is 0 Å². The Balaban J connectivity index is 1.80. The zero-order valence-corrected chi connectivity index (χ0v) is 13.3. The summed E-state index contributed by atoms with van der Waals surface area (Å²) in [6.45, 7) is 2.16. The van der Waals surface area contributed by atoms with Gasteiger partial charge in [0.1, 0.15) is 24.2 Å². The Morgan fingerprint density at radius 1 is 1.22 bits per heavy atom. The minimum atomic E-state index is -0.788. The Morgan fingerprint density at radius 3 is 2.74 bits per heavy atom. The van der Waals surface area contributed by atoms with Gasteiger partial charge in [-0.3, -0.25) is 4.79 Å². The smallest absolute Gasteiger partial charge is 0.251 e. The summed E-state index contributed by atoms with van der Waals surface area (Å²) in [5.41, 5.74) is 1.48. The molecule has 2 aromatic carbocycles. The van der Waals surface area contributed by atoms with Crippen LogP contribution in [0.2, 0.25) is 0 Å². The first-order valence-electron chi connectivity index (χ1n) is 7.39. The predicted molar refractivity (Wildman–Crippen MR) is 88.0 cm³/mol. The summed E-state index contributed by atoms with van der Waals surface area (Å²) in [4.78, 5) is 12.0. The monoisotopic (exact) mass is 315 g/mol. The molecule has 5 heteroatoms. The molecule has 1 amide bonds. The Labute approximate surface area is 135 Å². The lowest BCUT2D eigenvalue weighted by atomic mass is 10.2. The first-order chi connectivity index (χ1) is 11.1. The quantitative estimate of drug-likeness (QED) is 0.822. The van der Waals surface area contributed by atoms with Gasteiger partial charge < -0.3 is 19.9 Å². The molecular weight excluding hydrogens is 294 g/mol. The molecule has 2 N–H and O–H groups in total. The fourth-order valence-electron chi connectivity index (χ4n) is 2.04. The zero-order chi connectivity index (χ0) is 16.7. The van der Waals surface area contributed by atoms with Crippen LogP contribution >= 0.6 is 0 Å². The number of carbonyl (C=O) groups is 1. The molecule has 0 saturated heterocycles. The summed E-state index contributed by atoms with van der Waals surface area (Å²) < 4.78 is 10.6. The van der Waals surface area contributed by atoms with Crippen LogP contribution in [0, 0.1) is 6.92 Å².